The third kappa shape index (κ3) is 4.13. The van der Waals surface area contributed by atoms with E-state index in [2.05, 4.69) is 4.99 Å². The topological polar surface area (TPSA) is 69.9 Å². The van der Waals surface area contributed by atoms with Crippen molar-refractivity contribution in [3.05, 3.63) is 95.6 Å². The van der Waals surface area contributed by atoms with E-state index >= 15 is 0 Å². The third-order valence-electron chi connectivity index (χ3n) is 5.09. The molecule has 2 heterocycles. The van der Waals surface area contributed by atoms with Crippen LogP contribution in [0.2, 0.25) is 5.02 Å². The van der Waals surface area contributed by atoms with Gasteiger partial charge < -0.3 is 9.47 Å². The van der Waals surface area contributed by atoms with Crippen LogP contribution in [0.1, 0.15) is 31.0 Å². The van der Waals surface area contributed by atoms with Crippen LogP contribution in [-0.2, 0) is 9.53 Å². The van der Waals surface area contributed by atoms with Crippen LogP contribution >= 0.6 is 22.9 Å². The van der Waals surface area contributed by atoms with Crippen LogP contribution < -0.4 is 19.6 Å². The summed E-state index contributed by atoms with van der Waals surface area (Å²) in [5, 5.41) is 0.567. The fraction of sp³-hybridized carbons (Fsp3) is 0.208. The minimum atomic E-state index is -0.657. The third-order valence-corrected chi connectivity index (χ3v) is 6.33. The molecule has 3 aromatic rings. The number of hydrogen-bond acceptors (Lipinski definition) is 6. The Morgan fingerprint density at radius 2 is 2.00 bits per heavy atom. The standard InChI is InChI=1S/C24H21ClN2O4S/c1-4-31-23(29)20-14(2)26-24-27(21(20)16-8-10-17(25)11-9-16)22(28)19(32-24)13-15-6-5-7-18(12-15)30-3/h5-13,21H,4H2,1-3H3/b19-13+/t21-/m0/s1. The van der Waals surface area contributed by atoms with E-state index in [4.69, 9.17) is 21.1 Å². The maximum absolute atomic E-state index is 13.5. The number of methoxy groups -OCH3 is 1. The van der Waals surface area contributed by atoms with Gasteiger partial charge in [0.1, 0.15) is 5.75 Å². The van der Waals surface area contributed by atoms with Crippen LogP contribution in [-0.4, -0.2) is 24.3 Å². The highest BCUT2D eigenvalue weighted by molar-refractivity contribution is 7.07. The summed E-state index contributed by atoms with van der Waals surface area (Å²) in [7, 11) is 1.60. The summed E-state index contributed by atoms with van der Waals surface area (Å²) < 4.78 is 12.6. The van der Waals surface area contributed by atoms with Crippen LogP contribution in [0.3, 0.4) is 0 Å². The molecule has 8 heteroatoms. The van der Waals surface area contributed by atoms with Crippen LogP contribution in [0.5, 0.6) is 5.75 Å². The zero-order chi connectivity index (χ0) is 22.8. The predicted molar refractivity (Wildman–Crippen MR) is 125 cm³/mol. The number of aromatic nitrogens is 1. The van der Waals surface area contributed by atoms with Gasteiger partial charge in [-0.3, -0.25) is 9.36 Å². The lowest BCUT2D eigenvalue weighted by Crippen LogP contribution is -2.39. The van der Waals surface area contributed by atoms with E-state index in [-0.39, 0.29) is 12.2 Å². The maximum atomic E-state index is 13.5. The zero-order valence-electron chi connectivity index (χ0n) is 17.8. The van der Waals surface area contributed by atoms with E-state index < -0.39 is 12.0 Å². The van der Waals surface area contributed by atoms with Crippen LogP contribution in [0.15, 0.2) is 69.6 Å². The van der Waals surface area contributed by atoms with Gasteiger partial charge in [-0.15, -0.1) is 0 Å². The molecule has 0 aliphatic carbocycles. The number of nitrogens with zero attached hydrogens (tertiary/aromatic N) is 2. The molecule has 0 radical (unpaired) electrons. The molecule has 1 atom stereocenters. The monoisotopic (exact) mass is 468 g/mol. The van der Waals surface area contributed by atoms with Crippen molar-refractivity contribution in [2.75, 3.05) is 13.7 Å². The second-order valence-electron chi connectivity index (χ2n) is 7.13. The number of carbonyl (C=O) groups excluding carboxylic acids is 1. The summed E-state index contributed by atoms with van der Waals surface area (Å²) in [6.07, 6.45) is 1.80. The summed E-state index contributed by atoms with van der Waals surface area (Å²) in [5.74, 6) is 0.210. The lowest BCUT2D eigenvalue weighted by molar-refractivity contribution is -0.139. The lowest BCUT2D eigenvalue weighted by atomic mass is 9.96. The number of thiazole rings is 1. The molecule has 0 bridgehead atoms. The number of carbonyl (C=O) groups is 1. The molecule has 1 aliphatic rings. The van der Waals surface area contributed by atoms with Crippen molar-refractivity contribution in [2.24, 2.45) is 4.99 Å². The lowest BCUT2D eigenvalue weighted by Gasteiger charge is -2.24. The van der Waals surface area contributed by atoms with E-state index in [0.29, 0.717) is 31.4 Å². The Morgan fingerprint density at radius 3 is 2.69 bits per heavy atom. The molecular weight excluding hydrogens is 448 g/mol. The summed E-state index contributed by atoms with van der Waals surface area (Å²) >= 11 is 7.35. The molecule has 0 spiro atoms. The Balaban J connectivity index is 1.94. The molecule has 0 fully saturated rings. The van der Waals surface area contributed by atoms with E-state index in [0.717, 1.165) is 11.1 Å². The molecule has 0 saturated heterocycles. The maximum Gasteiger partial charge on any atom is 0.338 e. The Labute approximate surface area is 193 Å². The number of rotatable bonds is 5. The highest BCUT2D eigenvalue weighted by Crippen LogP contribution is 2.31. The molecule has 4 rings (SSSR count). The first-order valence-corrected chi connectivity index (χ1v) is 11.2. The molecule has 6 nitrogen and oxygen atoms in total. The van der Waals surface area contributed by atoms with Crippen molar-refractivity contribution in [1.29, 1.82) is 0 Å². The summed E-state index contributed by atoms with van der Waals surface area (Å²) in [5.41, 5.74) is 2.22. The molecule has 32 heavy (non-hydrogen) atoms. The van der Waals surface area contributed by atoms with Crippen molar-refractivity contribution in [2.45, 2.75) is 19.9 Å². The van der Waals surface area contributed by atoms with Crippen LogP contribution in [0, 0.1) is 0 Å². The van der Waals surface area contributed by atoms with E-state index in [1.807, 2.05) is 36.4 Å². The van der Waals surface area contributed by atoms with Gasteiger partial charge in [0.15, 0.2) is 4.80 Å². The number of hydrogen-bond donors (Lipinski definition) is 0. The van der Waals surface area contributed by atoms with Crippen molar-refractivity contribution in [3.8, 4) is 5.75 Å². The van der Waals surface area contributed by atoms with Gasteiger partial charge in [0.25, 0.3) is 5.56 Å². The Bertz CT molecular complexity index is 1390. The highest BCUT2D eigenvalue weighted by atomic mass is 35.5. The molecule has 0 saturated carbocycles. The highest BCUT2D eigenvalue weighted by Gasteiger charge is 2.33. The SMILES string of the molecule is CCOC(=O)C1=C(C)N=c2s/c(=C/c3cccc(OC)c3)c(=O)n2[C@H]1c1ccc(Cl)cc1. The quantitative estimate of drug-likeness (QED) is 0.538. The minimum Gasteiger partial charge on any atom is -0.497 e. The normalized spacial score (nSPS) is 15.9. The van der Waals surface area contributed by atoms with Gasteiger partial charge in [-0.05, 0) is 55.3 Å². The summed E-state index contributed by atoms with van der Waals surface area (Å²) in [6, 6.07) is 13.9. The van der Waals surface area contributed by atoms with E-state index in [9.17, 15) is 9.59 Å². The molecular formula is C24H21ClN2O4S. The van der Waals surface area contributed by atoms with Crippen molar-refractivity contribution < 1.29 is 14.3 Å². The van der Waals surface area contributed by atoms with Crippen molar-refractivity contribution in [3.63, 3.8) is 0 Å². The molecule has 1 aromatic heterocycles. The molecule has 0 unspecified atom stereocenters. The first-order chi connectivity index (χ1) is 15.4. The minimum absolute atomic E-state index is 0.225. The number of halogens is 1. The van der Waals surface area contributed by atoms with Crippen LogP contribution in [0.4, 0.5) is 0 Å². The second kappa shape index (κ2) is 9.14. The van der Waals surface area contributed by atoms with Gasteiger partial charge in [0.05, 0.1) is 35.6 Å². The van der Waals surface area contributed by atoms with Crippen LogP contribution in [0.25, 0.3) is 6.08 Å². The zero-order valence-corrected chi connectivity index (χ0v) is 19.4. The van der Waals surface area contributed by atoms with Crippen molar-refractivity contribution >= 4 is 35.0 Å². The largest absolute Gasteiger partial charge is 0.497 e. The van der Waals surface area contributed by atoms with Gasteiger partial charge in [-0.25, -0.2) is 9.79 Å². The smallest absolute Gasteiger partial charge is 0.338 e. The molecule has 164 valence electrons. The molecule has 1 aliphatic heterocycles. The van der Waals surface area contributed by atoms with Gasteiger partial charge >= 0.3 is 5.97 Å². The number of esters is 1. The number of benzene rings is 2. The van der Waals surface area contributed by atoms with E-state index in [1.54, 1.807) is 43.7 Å². The molecule has 0 amide bonds. The number of ether oxygens (including phenoxy) is 2. The summed E-state index contributed by atoms with van der Waals surface area (Å²) in [6.45, 7) is 3.73. The average Bonchev–Trinajstić information content (AvgIpc) is 3.08. The van der Waals surface area contributed by atoms with Gasteiger partial charge in [0, 0.05) is 5.02 Å². The fourth-order valence-electron chi connectivity index (χ4n) is 3.63. The second-order valence-corrected chi connectivity index (χ2v) is 8.58. The fourth-order valence-corrected chi connectivity index (χ4v) is 4.81. The van der Waals surface area contributed by atoms with Gasteiger partial charge in [0.2, 0.25) is 0 Å². The summed E-state index contributed by atoms with van der Waals surface area (Å²) in [4.78, 5) is 31.4. The first kappa shape index (κ1) is 22.0. The van der Waals surface area contributed by atoms with Gasteiger partial charge in [-0.2, -0.15) is 0 Å². The Hall–Kier alpha value is -3.16. The predicted octanol–water partition coefficient (Wildman–Crippen LogP) is 3.46. The molecule has 0 N–H and O–H groups in total. The Morgan fingerprint density at radius 1 is 1.25 bits per heavy atom. The Kier molecular flexibility index (Phi) is 6.30. The van der Waals surface area contributed by atoms with Crippen molar-refractivity contribution in [1.82, 2.24) is 4.57 Å². The first-order valence-electron chi connectivity index (χ1n) is 10.0. The number of fused-ring (bicyclic) bond motifs is 1. The molecule has 2 aromatic carbocycles. The van der Waals surface area contributed by atoms with Gasteiger partial charge in [-0.1, -0.05) is 47.2 Å². The van der Waals surface area contributed by atoms with E-state index in [1.165, 1.54) is 11.3 Å². The number of allylic oxidation sites excluding steroid dienone is 1. The average molecular weight is 469 g/mol.